The van der Waals surface area contributed by atoms with Gasteiger partial charge in [0, 0.05) is 22.8 Å². The van der Waals surface area contributed by atoms with Gasteiger partial charge in [0.2, 0.25) is 0 Å². The summed E-state index contributed by atoms with van der Waals surface area (Å²) in [6.45, 7) is 0. The number of benzene rings is 3. The number of amides is 1. The van der Waals surface area contributed by atoms with E-state index < -0.39 is 23.6 Å². The van der Waals surface area contributed by atoms with Crippen LogP contribution >= 0.6 is 0 Å². The van der Waals surface area contributed by atoms with Gasteiger partial charge < -0.3 is 5.32 Å². The molecule has 0 aliphatic carbocycles. The van der Waals surface area contributed by atoms with Gasteiger partial charge in [0.15, 0.2) is 0 Å². The van der Waals surface area contributed by atoms with Crippen molar-refractivity contribution in [2.24, 2.45) is 0 Å². The van der Waals surface area contributed by atoms with Crippen molar-refractivity contribution in [3.8, 4) is 11.3 Å². The predicted octanol–water partition coefficient (Wildman–Crippen LogP) is 6.66. The molecule has 8 heteroatoms. The Bertz CT molecular complexity index is 1570. The van der Waals surface area contributed by atoms with Crippen LogP contribution in [0.1, 0.15) is 26.4 Å². The molecule has 5 nitrogen and oxygen atoms in total. The zero-order valence-corrected chi connectivity index (χ0v) is 18.7. The van der Waals surface area contributed by atoms with Crippen molar-refractivity contribution in [1.29, 1.82) is 0 Å². The molecule has 2 aromatic heterocycles. The summed E-state index contributed by atoms with van der Waals surface area (Å²) >= 11 is 0. The smallest absolute Gasteiger partial charge is 0.321 e. The molecule has 3 aromatic carbocycles. The number of hydrogen-bond donors (Lipinski definition) is 1. The molecule has 0 fully saturated rings. The van der Waals surface area contributed by atoms with Crippen LogP contribution in [0.5, 0.6) is 0 Å². The van der Waals surface area contributed by atoms with E-state index in [1.54, 1.807) is 24.3 Å². The number of aromatic nitrogens is 2. The van der Waals surface area contributed by atoms with E-state index in [9.17, 15) is 22.8 Å². The normalized spacial score (nSPS) is 11.4. The summed E-state index contributed by atoms with van der Waals surface area (Å²) in [7, 11) is 0. The molecule has 0 atom stereocenters. The Morgan fingerprint density at radius 3 is 2.22 bits per heavy atom. The summed E-state index contributed by atoms with van der Waals surface area (Å²) < 4.78 is 39.7. The first kappa shape index (κ1) is 23.0. The van der Waals surface area contributed by atoms with Crippen LogP contribution in [-0.4, -0.2) is 21.4 Å². The third kappa shape index (κ3) is 4.48. The van der Waals surface area contributed by atoms with Crippen molar-refractivity contribution < 1.29 is 22.8 Å². The van der Waals surface area contributed by atoms with E-state index in [0.29, 0.717) is 22.2 Å². The number of anilines is 1. The van der Waals surface area contributed by atoms with E-state index in [2.05, 4.69) is 10.3 Å². The molecule has 0 aliphatic rings. The fourth-order valence-corrected chi connectivity index (χ4v) is 3.92. The van der Waals surface area contributed by atoms with Crippen molar-refractivity contribution in [3.63, 3.8) is 0 Å². The fraction of sp³-hybridized carbons (Fsp3) is 0.0357. The van der Waals surface area contributed by atoms with Crippen LogP contribution in [0.2, 0.25) is 0 Å². The fourth-order valence-electron chi connectivity index (χ4n) is 3.92. The van der Waals surface area contributed by atoms with Crippen LogP contribution in [0.15, 0.2) is 103 Å². The summed E-state index contributed by atoms with van der Waals surface area (Å²) in [4.78, 5) is 31.3. The lowest BCUT2D eigenvalue weighted by atomic mass is 10.0. The van der Waals surface area contributed by atoms with Gasteiger partial charge in [-0.05, 0) is 48.5 Å². The molecule has 2 heterocycles. The average Bonchev–Trinajstić information content (AvgIpc) is 3.38. The third-order valence-electron chi connectivity index (χ3n) is 5.69. The second kappa shape index (κ2) is 9.14. The van der Waals surface area contributed by atoms with Gasteiger partial charge in [-0.2, -0.15) is 13.2 Å². The maximum Gasteiger partial charge on any atom is 0.416 e. The lowest BCUT2D eigenvalue weighted by molar-refractivity contribution is -0.137. The molecular weight excluding hydrogens is 467 g/mol. The Morgan fingerprint density at radius 2 is 1.50 bits per heavy atom. The largest absolute Gasteiger partial charge is 0.416 e. The molecule has 36 heavy (non-hydrogen) atoms. The first-order chi connectivity index (χ1) is 17.3. The molecule has 5 rings (SSSR count). The van der Waals surface area contributed by atoms with E-state index in [4.69, 9.17) is 0 Å². The summed E-state index contributed by atoms with van der Waals surface area (Å²) in [5.41, 5.74) is 1.84. The molecule has 0 saturated carbocycles. The van der Waals surface area contributed by atoms with Crippen molar-refractivity contribution in [2.75, 3.05) is 5.32 Å². The van der Waals surface area contributed by atoms with Crippen LogP contribution in [0.3, 0.4) is 0 Å². The molecule has 0 aliphatic heterocycles. The summed E-state index contributed by atoms with van der Waals surface area (Å²) in [5.74, 6) is -1.07. The van der Waals surface area contributed by atoms with E-state index >= 15 is 0 Å². The summed E-state index contributed by atoms with van der Waals surface area (Å²) in [5, 5.41) is 3.18. The highest BCUT2D eigenvalue weighted by Crippen LogP contribution is 2.30. The summed E-state index contributed by atoms with van der Waals surface area (Å²) in [6.07, 6.45) is -3.00. The highest BCUT2D eigenvalue weighted by Gasteiger charge is 2.30. The van der Waals surface area contributed by atoms with Crippen molar-refractivity contribution in [2.45, 2.75) is 6.18 Å². The second-order valence-electron chi connectivity index (χ2n) is 8.04. The number of nitrogens with zero attached hydrogens (tertiary/aromatic N) is 2. The number of pyridine rings is 1. The highest BCUT2D eigenvalue weighted by molar-refractivity contribution is 6.12. The Morgan fingerprint density at radius 1 is 0.806 bits per heavy atom. The number of fused-ring (bicyclic) bond motifs is 1. The number of rotatable bonds is 4. The lowest BCUT2D eigenvalue weighted by Gasteiger charge is -2.13. The molecule has 0 radical (unpaired) electrons. The second-order valence-corrected chi connectivity index (χ2v) is 8.04. The minimum Gasteiger partial charge on any atom is -0.321 e. The molecule has 0 saturated heterocycles. The Labute approximate surface area is 203 Å². The zero-order chi connectivity index (χ0) is 25.3. The number of nitrogens with one attached hydrogen (secondary N) is 1. The number of alkyl halides is 3. The van der Waals surface area contributed by atoms with Gasteiger partial charge in [0.25, 0.3) is 11.8 Å². The molecule has 178 valence electrons. The van der Waals surface area contributed by atoms with Crippen LogP contribution in [-0.2, 0) is 6.18 Å². The molecule has 0 spiro atoms. The highest BCUT2D eigenvalue weighted by atomic mass is 19.4. The molecule has 1 N–H and O–H groups in total. The molecule has 5 aromatic rings. The predicted molar refractivity (Wildman–Crippen MR) is 131 cm³/mol. The lowest BCUT2D eigenvalue weighted by Crippen LogP contribution is -2.22. The molecule has 0 unspecified atom stereocenters. The Hall–Kier alpha value is -4.72. The number of hydrogen-bond acceptors (Lipinski definition) is 3. The quantitative estimate of drug-likeness (QED) is 0.310. The molecular formula is C28H18F3N3O2. The number of para-hydroxylation sites is 1. The maximum absolute atomic E-state index is 13.7. The number of halogens is 3. The minimum atomic E-state index is -4.48. The van der Waals surface area contributed by atoms with Crippen LogP contribution < -0.4 is 5.32 Å². The standard InChI is InChI=1S/C28H18F3N3O2/c29-28(30,31)19-12-14-20(15-13-19)32-26(35)25-11-6-16-34(25)27(36)22-17-24(18-7-2-1-3-8-18)33-23-10-5-4-9-21(22)23/h1-17H,(H,32,35). The average molecular weight is 485 g/mol. The van der Waals surface area contributed by atoms with Gasteiger partial charge in [-0.25, -0.2) is 4.98 Å². The topological polar surface area (TPSA) is 64.0 Å². The maximum atomic E-state index is 13.7. The third-order valence-corrected chi connectivity index (χ3v) is 5.69. The van der Waals surface area contributed by atoms with E-state index in [1.165, 1.54) is 29.0 Å². The SMILES string of the molecule is O=C(Nc1ccc(C(F)(F)F)cc1)c1cccn1C(=O)c1cc(-c2ccccc2)nc2ccccc12. The Kier molecular flexibility index (Phi) is 5.85. The first-order valence-corrected chi connectivity index (χ1v) is 11.0. The Balaban J connectivity index is 1.49. The van der Waals surface area contributed by atoms with Crippen LogP contribution in [0, 0.1) is 0 Å². The van der Waals surface area contributed by atoms with E-state index in [0.717, 1.165) is 17.7 Å². The van der Waals surface area contributed by atoms with E-state index in [1.807, 2.05) is 42.5 Å². The van der Waals surface area contributed by atoms with Gasteiger partial charge in [-0.15, -0.1) is 0 Å². The van der Waals surface area contributed by atoms with Gasteiger partial charge in [0.1, 0.15) is 5.69 Å². The van der Waals surface area contributed by atoms with E-state index in [-0.39, 0.29) is 11.4 Å². The van der Waals surface area contributed by atoms with Crippen molar-refractivity contribution in [1.82, 2.24) is 9.55 Å². The first-order valence-electron chi connectivity index (χ1n) is 11.0. The van der Waals surface area contributed by atoms with Crippen LogP contribution in [0.4, 0.5) is 18.9 Å². The monoisotopic (exact) mass is 485 g/mol. The number of carbonyl (C=O) groups is 2. The van der Waals surface area contributed by atoms with Gasteiger partial charge in [-0.3, -0.25) is 14.2 Å². The van der Waals surface area contributed by atoms with Crippen molar-refractivity contribution in [3.05, 3.63) is 120 Å². The van der Waals surface area contributed by atoms with Gasteiger partial charge >= 0.3 is 6.18 Å². The van der Waals surface area contributed by atoms with Gasteiger partial charge in [-0.1, -0.05) is 48.5 Å². The number of carbonyl (C=O) groups excluding carboxylic acids is 2. The van der Waals surface area contributed by atoms with Crippen LogP contribution in [0.25, 0.3) is 22.2 Å². The summed E-state index contributed by atoms with van der Waals surface area (Å²) in [6, 6.07) is 25.5. The van der Waals surface area contributed by atoms with Gasteiger partial charge in [0.05, 0.1) is 22.3 Å². The molecule has 0 bridgehead atoms. The molecule has 1 amide bonds. The van der Waals surface area contributed by atoms with Crippen molar-refractivity contribution >= 4 is 28.4 Å². The zero-order valence-electron chi connectivity index (χ0n) is 18.7. The minimum absolute atomic E-state index is 0.0436.